The Bertz CT molecular complexity index is 1080. The quantitative estimate of drug-likeness (QED) is 0.590. The number of amides is 1. The summed E-state index contributed by atoms with van der Waals surface area (Å²) in [4.78, 5) is 17.3. The molecule has 4 rings (SSSR count). The van der Waals surface area contributed by atoms with E-state index in [4.69, 9.17) is 4.42 Å². The molecule has 1 N–H and O–H groups in total. The van der Waals surface area contributed by atoms with Crippen molar-refractivity contribution < 1.29 is 9.21 Å². The Balaban J connectivity index is 1.63. The van der Waals surface area contributed by atoms with Crippen molar-refractivity contribution in [1.29, 1.82) is 0 Å². The van der Waals surface area contributed by atoms with Gasteiger partial charge >= 0.3 is 0 Å². The van der Waals surface area contributed by atoms with Crippen LogP contribution in [0.25, 0.3) is 11.0 Å². The molecule has 4 aromatic rings. The number of benzene rings is 1. The van der Waals surface area contributed by atoms with Crippen LogP contribution in [0.15, 0.2) is 59.3 Å². The molecule has 0 saturated carbocycles. The van der Waals surface area contributed by atoms with Crippen LogP contribution in [-0.2, 0) is 13.1 Å². The molecule has 0 aliphatic rings. The van der Waals surface area contributed by atoms with Crippen molar-refractivity contribution in [1.82, 2.24) is 20.1 Å². The summed E-state index contributed by atoms with van der Waals surface area (Å²) >= 11 is 0. The highest BCUT2D eigenvalue weighted by Crippen LogP contribution is 2.19. The molecule has 1 amide bonds. The SMILES string of the molecule is Cc1ccc(Cn2ncc3c(C(=O)NCc4ccco4)cc(C)nc32)cc1. The molecule has 0 saturated heterocycles. The molecule has 136 valence electrons. The lowest BCUT2D eigenvalue weighted by Gasteiger charge is -2.08. The molecule has 0 aliphatic heterocycles. The van der Waals surface area contributed by atoms with E-state index in [0.29, 0.717) is 30.1 Å². The standard InChI is InChI=1S/C21H20N4O2/c1-14-5-7-16(8-6-14)13-25-20-19(12-23-25)18(10-15(2)24-20)21(26)22-11-17-4-3-9-27-17/h3-10,12H,11,13H2,1-2H3,(H,22,26). The number of aryl methyl sites for hydroxylation is 2. The van der Waals surface area contributed by atoms with Crippen LogP contribution in [0.4, 0.5) is 0 Å². The van der Waals surface area contributed by atoms with Crippen LogP contribution in [-0.4, -0.2) is 20.7 Å². The predicted octanol–water partition coefficient (Wildman–Crippen LogP) is 3.62. The number of carbonyl (C=O) groups excluding carboxylic acids is 1. The van der Waals surface area contributed by atoms with Gasteiger partial charge in [-0.05, 0) is 37.6 Å². The maximum absolute atomic E-state index is 12.7. The van der Waals surface area contributed by atoms with Crippen LogP contribution in [0.3, 0.4) is 0 Å². The van der Waals surface area contributed by atoms with E-state index in [-0.39, 0.29) is 5.91 Å². The number of pyridine rings is 1. The van der Waals surface area contributed by atoms with Crippen molar-refractivity contribution >= 4 is 16.9 Å². The van der Waals surface area contributed by atoms with Gasteiger partial charge in [0.25, 0.3) is 5.91 Å². The number of hydrogen-bond donors (Lipinski definition) is 1. The normalized spacial score (nSPS) is 11.0. The van der Waals surface area contributed by atoms with E-state index in [2.05, 4.69) is 46.6 Å². The number of furan rings is 1. The molecule has 0 fully saturated rings. The zero-order valence-electron chi connectivity index (χ0n) is 15.3. The summed E-state index contributed by atoms with van der Waals surface area (Å²) in [5, 5.41) is 8.09. The molecule has 0 unspecified atom stereocenters. The number of rotatable bonds is 5. The van der Waals surface area contributed by atoms with Gasteiger partial charge in [-0.3, -0.25) is 4.79 Å². The molecule has 0 bridgehead atoms. The first-order valence-corrected chi connectivity index (χ1v) is 8.79. The molecule has 0 spiro atoms. The molecule has 3 aromatic heterocycles. The Morgan fingerprint density at radius 2 is 2.00 bits per heavy atom. The molecule has 0 aliphatic carbocycles. The highest BCUT2D eigenvalue weighted by Gasteiger charge is 2.16. The summed E-state index contributed by atoms with van der Waals surface area (Å²) in [5.74, 6) is 0.539. The van der Waals surface area contributed by atoms with Crippen LogP contribution in [0.1, 0.15) is 32.9 Å². The van der Waals surface area contributed by atoms with Gasteiger partial charge in [0.2, 0.25) is 0 Å². The van der Waals surface area contributed by atoms with Crippen molar-refractivity contribution in [2.45, 2.75) is 26.9 Å². The number of nitrogens with zero attached hydrogens (tertiary/aromatic N) is 3. The minimum atomic E-state index is -0.170. The zero-order valence-corrected chi connectivity index (χ0v) is 15.3. The number of hydrogen-bond acceptors (Lipinski definition) is 4. The molecule has 0 atom stereocenters. The van der Waals surface area contributed by atoms with Crippen LogP contribution in [0, 0.1) is 13.8 Å². The van der Waals surface area contributed by atoms with Crippen molar-refractivity contribution in [3.63, 3.8) is 0 Å². The summed E-state index contributed by atoms with van der Waals surface area (Å²) in [6.45, 7) is 4.89. The average Bonchev–Trinajstić information content (AvgIpc) is 3.31. The lowest BCUT2D eigenvalue weighted by atomic mass is 10.1. The van der Waals surface area contributed by atoms with Gasteiger partial charge < -0.3 is 9.73 Å². The fourth-order valence-electron chi connectivity index (χ4n) is 3.02. The van der Waals surface area contributed by atoms with E-state index < -0.39 is 0 Å². The third kappa shape index (κ3) is 3.60. The van der Waals surface area contributed by atoms with Crippen LogP contribution < -0.4 is 5.32 Å². The molecule has 27 heavy (non-hydrogen) atoms. The van der Waals surface area contributed by atoms with Gasteiger partial charge in [0.15, 0.2) is 5.65 Å². The summed E-state index contributed by atoms with van der Waals surface area (Å²) < 4.78 is 7.10. The Kier molecular flexibility index (Phi) is 4.46. The van der Waals surface area contributed by atoms with Gasteiger partial charge in [0.05, 0.1) is 36.5 Å². The predicted molar refractivity (Wildman–Crippen MR) is 102 cm³/mol. The Hall–Kier alpha value is -3.41. The molecule has 6 heteroatoms. The number of fused-ring (bicyclic) bond motifs is 1. The Labute approximate surface area is 156 Å². The first-order valence-electron chi connectivity index (χ1n) is 8.79. The van der Waals surface area contributed by atoms with Crippen molar-refractivity contribution in [2.24, 2.45) is 0 Å². The molecule has 0 radical (unpaired) electrons. The molecular weight excluding hydrogens is 340 g/mol. The first-order chi connectivity index (χ1) is 13.1. The maximum atomic E-state index is 12.7. The third-order valence-corrected chi connectivity index (χ3v) is 4.44. The van der Waals surface area contributed by atoms with Crippen molar-refractivity contribution in [2.75, 3.05) is 0 Å². The second-order valence-corrected chi connectivity index (χ2v) is 6.60. The van der Waals surface area contributed by atoms with Crippen molar-refractivity contribution in [3.05, 3.63) is 83.1 Å². The topological polar surface area (TPSA) is 73.0 Å². The average molecular weight is 360 g/mol. The highest BCUT2D eigenvalue weighted by molar-refractivity contribution is 6.05. The van der Waals surface area contributed by atoms with Gasteiger partial charge in [-0.15, -0.1) is 0 Å². The minimum absolute atomic E-state index is 0.170. The van der Waals surface area contributed by atoms with E-state index in [1.54, 1.807) is 24.6 Å². The van der Waals surface area contributed by atoms with Crippen LogP contribution in [0.5, 0.6) is 0 Å². The monoisotopic (exact) mass is 360 g/mol. The second kappa shape index (κ2) is 7.07. The maximum Gasteiger partial charge on any atom is 0.252 e. The van der Waals surface area contributed by atoms with Gasteiger partial charge in [0, 0.05) is 5.69 Å². The summed E-state index contributed by atoms with van der Waals surface area (Å²) in [5.41, 5.74) is 4.40. The van der Waals surface area contributed by atoms with E-state index in [1.807, 2.05) is 17.7 Å². The molecule has 1 aromatic carbocycles. The minimum Gasteiger partial charge on any atom is -0.467 e. The van der Waals surface area contributed by atoms with E-state index in [9.17, 15) is 4.79 Å². The second-order valence-electron chi connectivity index (χ2n) is 6.60. The highest BCUT2D eigenvalue weighted by atomic mass is 16.3. The zero-order chi connectivity index (χ0) is 18.8. The van der Waals surface area contributed by atoms with Crippen LogP contribution >= 0.6 is 0 Å². The lowest BCUT2D eigenvalue weighted by molar-refractivity contribution is 0.0949. The lowest BCUT2D eigenvalue weighted by Crippen LogP contribution is -2.23. The fraction of sp³-hybridized carbons (Fsp3) is 0.190. The smallest absolute Gasteiger partial charge is 0.252 e. The third-order valence-electron chi connectivity index (χ3n) is 4.44. The van der Waals surface area contributed by atoms with Gasteiger partial charge in [-0.1, -0.05) is 29.8 Å². The van der Waals surface area contributed by atoms with E-state index >= 15 is 0 Å². The summed E-state index contributed by atoms with van der Waals surface area (Å²) in [6, 6.07) is 13.7. The summed E-state index contributed by atoms with van der Waals surface area (Å²) in [6.07, 6.45) is 3.29. The number of nitrogens with one attached hydrogen (secondary N) is 1. The summed E-state index contributed by atoms with van der Waals surface area (Å²) in [7, 11) is 0. The fourth-order valence-corrected chi connectivity index (χ4v) is 3.02. The largest absolute Gasteiger partial charge is 0.467 e. The first kappa shape index (κ1) is 17.0. The number of carbonyl (C=O) groups is 1. The van der Waals surface area contributed by atoms with Crippen molar-refractivity contribution in [3.8, 4) is 0 Å². The van der Waals surface area contributed by atoms with Crippen LogP contribution in [0.2, 0.25) is 0 Å². The molecule has 6 nitrogen and oxygen atoms in total. The van der Waals surface area contributed by atoms with E-state index in [0.717, 1.165) is 16.6 Å². The van der Waals surface area contributed by atoms with Gasteiger partial charge in [0.1, 0.15) is 5.76 Å². The van der Waals surface area contributed by atoms with Gasteiger partial charge in [-0.25, -0.2) is 9.67 Å². The Morgan fingerprint density at radius 3 is 2.74 bits per heavy atom. The van der Waals surface area contributed by atoms with E-state index in [1.165, 1.54) is 5.56 Å². The van der Waals surface area contributed by atoms with Gasteiger partial charge in [-0.2, -0.15) is 5.10 Å². The molecular formula is C21H20N4O2. The Morgan fingerprint density at radius 1 is 1.19 bits per heavy atom. The molecule has 3 heterocycles. The number of aromatic nitrogens is 3.